The Bertz CT molecular complexity index is 483. The van der Waals surface area contributed by atoms with Crippen LogP contribution in [0.2, 0.25) is 0 Å². The van der Waals surface area contributed by atoms with E-state index in [1.165, 1.54) is 0 Å². The van der Waals surface area contributed by atoms with Crippen LogP contribution in [0.25, 0.3) is 0 Å². The summed E-state index contributed by atoms with van der Waals surface area (Å²) in [5.41, 5.74) is 0.850. The van der Waals surface area contributed by atoms with Crippen molar-refractivity contribution in [3.63, 3.8) is 0 Å². The van der Waals surface area contributed by atoms with Crippen molar-refractivity contribution in [3.05, 3.63) is 39.9 Å². The Morgan fingerprint density at radius 3 is 2.60 bits per heavy atom. The summed E-state index contributed by atoms with van der Waals surface area (Å²) in [5.74, 6) is 0.328. The Labute approximate surface area is 118 Å². The van der Waals surface area contributed by atoms with E-state index in [-0.39, 0.29) is 29.1 Å². The first-order valence-corrected chi connectivity index (χ1v) is 6.90. The normalized spacial score (nSPS) is 20.4. The zero-order chi connectivity index (χ0) is 14.5. The van der Waals surface area contributed by atoms with Crippen LogP contribution in [0.3, 0.4) is 0 Å². The summed E-state index contributed by atoms with van der Waals surface area (Å²) in [5, 5.41) is 10.9. The topological polar surface area (TPSA) is 69.4 Å². The van der Waals surface area contributed by atoms with Gasteiger partial charge in [-0.05, 0) is 30.5 Å². The Kier molecular flexibility index (Phi) is 4.71. The van der Waals surface area contributed by atoms with Crippen LogP contribution >= 0.6 is 0 Å². The van der Waals surface area contributed by atoms with Gasteiger partial charge in [-0.15, -0.1) is 0 Å². The predicted molar refractivity (Wildman–Crippen MR) is 74.6 cm³/mol. The number of Topliss-reactive ketones (excluding diaryl/α,β-unsaturated/α-hetero) is 1. The van der Waals surface area contributed by atoms with Gasteiger partial charge in [0.05, 0.1) is 13.0 Å². The molecular weight excluding hydrogens is 258 g/mol. The van der Waals surface area contributed by atoms with Gasteiger partial charge >= 0.3 is 0 Å². The van der Waals surface area contributed by atoms with Crippen molar-refractivity contribution in [3.8, 4) is 5.75 Å². The first-order chi connectivity index (χ1) is 9.61. The van der Waals surface area contributed by atoms with Crippen molar-refractivity contribution >= 4 is 5.78 Å². The third-order valence-electron chi connectivity index (χ3n) is 3.98. The van der Waals surface area contributed by atoms with E-state index >= 15 is 0 Å². The van der Waals surface area contributed by atoms with Crippen LogP contribution in [-0.4, -0.2) is 24.4 Å². The van der Waals surface area contributed by atoms with Gasteiger partial charge in [-0.3, -0.25) is 14.9 Å². The number of nitrogens with zero attached hydrogens (tertiary/aromatic N) is 1. The maximum Gasteiger partial charge on any atom is 0.211 e. The van der Waals surface area contributed by atoms with Gasteiger partial charge in [0.15, 0.2) is 0 Å². The monoisotopic (exact) mass is 277 g/mol. The molecule has 0 aliphatic heterocycles. The molecule has 5 nitrogen and oxygen atoms in total. The lowest BCUT2D eigenvalue weighted by atomic mass is 9.76. The van der Waals surface area contributed by atoms with Crippen LogP contribution in [0.4, 0.5) is 0 Å². The summed E-state index contributed by atoms with van der Waals surface area (Å²) in [6, 6.07) is 7.23. The molecule has 0 saturated heterocycles. The molecule has 1 aliphatic carbocycles. The molecule has 1 aromatic rings. The number of carbonyl (C=O) groups is 1. The molecular formula is C15H19NO4. The lowest BCUT2D eigenvalue weighted by molar-refractivity contribution is -0.484. The second kappa shape index (κ2) is 6.50. The number of methoxy groups -OCH3 is 1. The number of ether oxygens (including phenoxy) is 1. The third kappa shape index (κ3) is 3.35. The van der Waals surface area contributed by atoms with Crippen LogP contribution < -0.4 is 4.74 Å². The van der Waals surface area contributed by atoms with Crippen LogP contribution in [-0.2, 0) is 4.79 Å². The van der Waals surface area contributed by atoms with E-state index in [2.05, 4.69) is 0 Å². The molecule has 1 saturated carbocycles. The molecule has 2 atom stereocenters. The lowest BCUT2D eigenvalue weighted by Crippen LogP contribution is -2.30. The molecule has 1 aromatic carbocycles. The van der Waals surface area contributed by atoms with Gasteiger partial charge in [0.2, 0.25) is 6.54 Å². The zero-order valence-corrected chi connectivity index (χ0v) is 11.6. The molecule has 1 aliphatic rings. The molecule has 0 radical (unpaired) electrons. The van der Waals surface area contributed by atoms with Crippen molar-refractivity contribution in [2.45, 2.75) is 31.6 Å². The van der Waals surface area contributed by atoms with Crippen LogP contribution in [0, 0.1) is 16.0 Å². The molecule has 0 amide bonds. The largest absolute Gasteiger partial charge is 0.497 e. The number of rotatable bonds is 5. The van der Waals surface area contributed by atoms with E-state index in [0.29, 0.717) is 12.2 Å². The Balaban J connectivity index is 2.25. The lowest BCUT2D eigenvalue weighted by Gasteiger charge is -2.27. The van der Waals surface area contributed by atoms with Gasteiger partial charge in [0.1, 0.15) is 11.5 Å². The second-order valence-corrected chi connectivity index (χ2v) is 5.21. The number of nitro groups is 1. The minimum Gasteiger partial charge on any atom is -0.497 e. The highest BCUT2D eigenvalue weighted by molar-refractivity contribution is 5.82. The number of hydrogen-bond acceptors (Lipinski definition) is 4. The van der Waals surface area contributed by atoms with Crippen molar-refractivity contribution in [2.75, 3.05) is 13.7 Å². The summed E-state index contributed by atoms with van der Waals surface area (Å²) < 4.78 is 5.10. The predicted octanol–water partition coefficient (Wildman–Crippen LogP) is 2.81. The molecule has 0 spiro atoms. The van der Waals surface area contributed by atoms with Gasteiger partial charge in [0, 0.05) is 17.3 Å². The standard InChI is InChI=1S/C15H19NO4/c1-20-12-8-6-11(7-9-12)14(10-16(18)19)13-4-2-3-5-15(13)17/h6-9,13-14H,2-5,10H2,1H3/t13-,14-/m1/s1. The molecule has 0 aromatic heterocycles. The SMILES string of the molecule is COc1ccc([C@@H](C[N+](=O)[O-])[C@H]2CCCCC2=O)cc1. The van der Waals surface area contributed by atoms with Crippen LogP contribution in [0.1, 0.15) is 37.2 Å². The van der Waals surface area contributed by atoms with Crippen molar-refractivity contribution in [1.29, 1.82) is 0 Å². The minimum absolute atomic E-state index is 0.166. The molecule has 5 heteroatoms. The Hall–Kier alpha value is -1.91. The van der Waals surface area contributed by atoms with E-state index in [1.54, 1.807) is 19.2 Å². The van der Waals surface area contributed by atoms with Gasteiger partial charge in [0.25, 0.3) is 0 Å². The average Bonchev–Trinajstić information content (AvgIpc) is 2.46. The molecule has 0 unspecified atom stereocenters. The number of ketones is 1. The summed E-state index contributed by atoms with van der Waals surface area (Å²) in [6.07, 6.45) is 3.18. The van der Waals surface area contributed by atoms with E-state index in [0.717, 1.165) is 24.8 Å². The molecule has 0 bridgehead atoms. The molecule has 20 heavy (non-hydrogen) atoms. The van der Waals surface area contributed by atoms with E-state index in [4.69, 9.17) is 4.74 Å². The summed E-state index contributed by atoms with van der Waals surface area (Å²) >= 11 is 0. The zero-order valence-electron chi connectivity index (χ0n) is 11.6. The van der Waals surface area contributed by atoms with Crippen LogP contribution in [0.15, 0.2) is 24.3 Å². The maximum absolute atomic E-state index is 12.1. The minimum atomic E-state index is -0.330. The van der Waals surface area contributed by atoms with Gasteiger partial charge in [-0.1, -0.05) is 18.6 Å². The second-order valence-electron chi connectivity index (χ2n) is 5.21. The van der Waals surface area contributed by atoms with E-state index in [1.807, 2.05) is 12.1 Å². The van der Waals surface area contributed by atoms with Gasteiger partial charge in [-0.25, -0.2) is 0 Å². The van der Waals surface area contributed by atoms with Gasteiger partial charge < -0.3 is 4.74 Å². The van der Waals surface area contributed by atoms with E-state index < -0.39 is 0 Å². The highest BCUT2D eigenvalue weighted by atomic mass is 16.6. The third-order valence-corrected chi connectivity index (χ3v) is 3.98. The highest BCUT2D eigenvalue weighted by Gasteiger charge is 2.34. The molecule has 1 fully saturated rings. The number of carbonyl (C=O) groups excluding carboxylic acids is 1. The smallest absolute Gasteiger partial charge is 0.211 e. The summed E-state index contributed by atoms with van der Waals surface area (Å²) in [7, 11) is 1.58. The Morgan fingerprint density at radius 2 is 2.05 bits per heavy atom. The fourth-order valence-electron chi connectivity index (χ4n) is 2.91. The van der Waals surface area contributed by atoms with Crippen molar-refractivity contribution in [2.24, 2.45) is 5.92 Å². The van der Waals surface area contributed by atoms with Gasteiger partial charge in [-0.2, -0.15) is 0 Å². The Morgan fingerprint density at radius 1 is 1.35 bits per heavy atom. The van der Waals surface area contributed by atoms with Crippen LogP contribution in [0.5, 0.6) is 5.75 Å². The summed E-state index contributed by atoms with van der Waals surface area (Å²) in [6.45, 7) is -0.192. The maximum atomic E-state index is 12.1. The quantitative estimate of drug-likeness (QED) is 0.613. The highest BCUT2D eigenvalue weighted by Crippen LogP contribution is 2.34. The first kappa shape index (κ1) is 14.5. The fourth-order valence-corrected chi connectivity index (χ4v) is 2.91. The molecule has 0 heterocycles. The molecule has 108 valence electrons. The number of benzene rings is 1. The fraction of sp³-hybridized carbons (Fsp3) is 0.533. The van der Waals surface area contributed by atoms with Crippen molar-refractivity contribution in [1.82, 2.24) is 0 Å². The average molecular weight is 277 g/mol. The molecule has 0 N–H and O–H groups in total. The first-order valence-electron chi connectivity index (χ1n) is 6.90. The summed E-state index contributed by atoms with van der Waals surface area (Å²) in [4.78, 5) is 22.7. The number of hydrogen-bond donors (Lipinski definition) is 0. The van der Waals surface area contributed by atoms with E-state index in [9.17, 15) is 14.9 Å². The van der Waals surface area contributed by atoms with Crippen molar-refractivity contribution < 1.29 is 14.5 Å². The molecule has 2 rings (SSSR count).